The van der Waals surface area contributed by atoms with Crippen molar-refractivity contribution in [3.8, 4) is 6.07 Å². The van der Waals surface area contributed by atoms with E-state index in [0.717, 1.165) is 69.7 Å². The number of benzene rings is 2. The van der Waals surface area contributed by atoms with Gasteiger partial charge < -0.3 is 14.6 Å². The molecule has 1 fully saturated rings. The second-order valence-corrected chi connectivity index (χ2v) is 10.7. The zero-order valence-corrected chi connectivity index (χ0v) is 22.1. The van der Waals surface area contributed by atoms with Crippen LogP contribution in [0.5, 0.6) is 0 Å². The molecule has 0 spiro atoms. The third-order valence-corrected chi connectivity index (χ3v) is 8.22. The van der Waals surface area contributed by atoms with Crippen molar-refractivity contribution in [1.29, 1.82) is 5.26 Å². The van der Waals surface area contributed by atoms with Gasteiger partial charge in [-0.15, -0.1) is 0 Å². The van der Waals surface area contributed by atoms with Crippen molar-refractivity contribution in [3.05, 3.63) is 83.2 Å². The molecular weight excluding hydrogens is 428 g/mol. The van der Waals surface area contributed by atoms with Gasteiger partial charge in [-0.05, 0) is 30.9 Å². The van der Waals surface area contributed by atoms with Gasteiger partial charge >= 0.3 is 0 Å². The summed E-state index contributed by atoms with van der Waals surface area (Å²) in [4.78, 5) is 9.26. The fraction of sp³-hybridized carbons (Fsp3) is 0.548. The highest BCUT2D eigenvalue weighted by Gasteiger charge is 2.42. The first kappa shape index (κ1) is 26.9. The standard InChI is InChI=1S/C31H42N4/c1-26(2)30(25-32,28-13-8-6-9-14-28)17-12-19-34-21-23-35(24-22-34)20-18-31(33-5,27(3)4)29-15-10-7-11-16-29/h6-11,13-16,26-27H,12,17-24H2,1-4H3. The highest BCUT2D eigenvalue weighted by molar-refractivity contribution is 5.33. The maximum absolute atomic E-state index is 10.1. The van der Waals surface area contributed by atoms with Gasteiger partial charge in [0.2, 0.25) is 0 Å². The van der Waals surface area contributed by atoms with E-state index in [1.165, 1.54) is 0 Å². The number of hydrogen-bond donors (Lipinski definition) is 0. The molecule has 2 unspecified atom stereocenters. The molecule has 0 bridgehead atoms. The van der Waals surface area contributed by atoms with E-state index < -0.39 is 11.0 Å². The van der Waals surface area contributed by atoms with Crippen LogP contribution in [0.1, 0.15) is 58.1 Å². The molecule has 1 heterocycles. The van der Waals surface area contributed by atoms with Crippen molar-refractivity contribution < 1.29 is 0 Å². The lowest BCUT2D eigenvalue weighted by Crippen LogP contribution is -2.48. The van der Waals surface area contributed by atoms with Crippen LogP contribution in [0.4, 0.5) is 0 Å². The highest BCUT2D eigenvalue weighted by atomic mass is 15.3. The molecule has 0 amide bonds. The molecule has 1 aliphatic rings. The minimum atomic E-state index is -0.451. The molecule has 0 radical (unpaired) electrons. The average Bonchev–Trinajstić information content (AvgIpc) is 2.89. The van der Waals surface area contributed by atoms with Crippen molar-refractivity contribution in [3.63, 3.8) is 0 Å². The van der Waals surface area contributed by atoms with Crippen LogP contribution in [0.2, 0.25) is 0 Å². The monoisotopic (exact) mass is 470 g/mol. The van der Waals surface area contributed by atoms with Crippen molar-refractivity contribution in [2.75, 3.05) is 39.3 Å². The van der Waals surface area contributed by atoms with Crippen LogP contribution in [0, 0.1) is 29.7 Å². The van der Waals surface area contributed by atoms with Gasteiger partial charge in [-0.2, -0.15) is 5.26 Å². The number of rotatable bonds is 11. The Hall–Kier alpha value is -2.66. The second kappa shape index (κ2) is 12.3. The molecular formula is C31H42N4. The van der Waals surface area contributed by atoms with Gasteiger partial charge in [-0.25, -0.2) is 6.57 Å². The Kier molecular flexibility index (Phi) is 9.50. The van der Waals surface area contributed by atoms with E-state index in [0.29, 0.717) is 0 Å². The molecule has 4 nitrogen and oxygen atoms in total. The zero-order valence-electron chi connectivity index (χ0n) is 22.1. The predicted molar refractivity (Wildman–Crippen MR) is 145 cm³/mol. The van der Waals surface area contributed by atoms with E-state index in [9.17, 15) is 5.26 Å². The summed E-state index contributed by atoms with van der Waals surface area (Å²) in [5.41, 5.74) is 1.43. The van der Waals surface area contributed by atoms with Crippen LogP contribution in [0.3, 0.4) is 0 Å². The Bertz CT molecular complexity index is 980. The summed E-state index contributed by atoms with van der Waals surface area (Å²) in [6, 6.07) is 23.4. The molecule has 0 aliphatic carbocycles. The first-order valence-corrected chi connectivity index (χ1v) is 13.2. The van der Waals surface area contributed by atoms with Crippen LogP contribution < -0.4 is 0 Å². The van der Waals surface area contributed by atoms with Gasteiger partial charge in [-0.1, -0.05) is 88.4 Å². The number of nitriles is 1. The minimum absolute atomic E-state index is 0.273. The summed E-state index contributed by atoms with van der Waals surface area (Å²) < 4.78 is 0. The van der Waals surface area contributed by atoms with Crippen LogP contribution in [0.25, 0.3) is 4.85 Å². The van der Waals surface area contributed by atoms with E-state index in [-0.39, 0.29) is 11.8 Å². The van der Waals surface area contributed by atoms with E-state index in [4.69, 9.17) is 6.57 Å². The minimum Gasteiger partial charge on any atom is -0.305 e. The lowest BCUT2D eigenvalue weighted by molar-refractivity contribution is 0.119. The van der Waals surface area contributed by atoms with E-state index in [1.54, 1.807) is 0 Å². The molecule has 1 saturated heterocycles. The molecule has 1 aliphatic heterocycles. The van der Waals surface area contributed by atoms with E-state index >= 15 is 0 Å². The van der Waals surface area contributed by atoms with Crippen LogP contribution in [-0.4, -0.2) is 49.1 Å². The van der Waals surface area contributed by atoms with Crippen molar-refractivity contribution in [2.24, 2.45) is 11.8 Å². The maximum atomic E-state index is 10.1. The molecule has 0 N–H and O–H groups in total. The molecule has 2 atom stereocenters. The van der Waals surface area contributed by atoms with E-state index in [1.807, 2.05) is 24.3 Å². The largest absolute Gasteiger partial charge is 0.305 e. The Morgan fingerprint density at radius 1 is 0.800 bits per heavy atom. The van der Waals surface area contributed by atoms with Crippen LogP contribution in [-0.2, 0) is 11.0 Å². The Morgan fingerprint density at radius 2 is 1.31 bits per heavy atom. The summed E-state index contributed by atoms with van der Waals surface area (Å²) in [7, 11) is 0. The molecule has 4 heteroatoms. The molecule has 0 saturated carbocycles. The van der Waals surface area contributed by atoms with Crippen LogP contribution in [0.15, 0.2) is 60.7 Å². The topological polar surface area (TPSA) is 34.6 Å². The maximum Gasteiger partial charge on any atom is 0.260 e. The summed E-state index contributed by atoms with van der Waals surface area (Å²) in [6.45, 7) is 23.0. The van der Waals surface area contributed by atoms with Gasteiger partial charge in [0.15, 0.2) is 0 Å². The summed E-state index contributed by atoms with van der Waals surface area (Å²) in [5.74, 6) is 0.551. The predicted octanol–water partition coefficient (Wildman–Crippen LogP) is 6.36. The molecule has 3 rings (SSSR count). The third kappa shape index (κ3) is 6.13. The third-order valence-electron chi connectivity index (χ3n) is 8.22. The first-order chi connectivity index (χ1) is 16.9. The summed E-state index contributed by atoms with van der Waals surface area (Å²) >= 11 is 0. The number of piperazine rings is 1. The number of nitrogens with zero attached hydrogens (tertiary/aromatic N) is 4. The van der Waals surface area contributed by atoms with Gasteiger partial charge in [-0.3, -0.25) is 0 Å². The van der Waals surface area contributed by atoms with Crippen molar-refractivity contribution in [1.82, 2.24) is 9.80 Å². The fourth-order valence-electron chi connectivity index (χ4n) is 5.64. The zero-order chi connectivity index (χ0) is 25.3. The summed E-state index contributed by atoms with van der Waals surface area (Å²) in [6.07, 6.45) is 2.79. The van der Waals surface area contributed by atoms with Crippen LogP contribution >= 0.6 is 0 Å². The summed E-state index contributed by atoms with van der Waals surface area (Å²) in [5, 5.41) is 10.1. The molecule has 0 aromatic heterocycles. The SMILES string of the molecule is [C-]#[N+]C(CCN1CCN(CCCC(C#N)(c2ccccc2)C(C)C)CC1)(c1ccccc1)C(C)C. The van der Waals surface area contributed by atoms with Gasteiger partial charge in [0.1, 0.15) is 0 Å². The van der Waals surface area contributed by atoms with Gasteiger partial charge in [0.25, 0.3) is 5.54 Å². The van der Waals surface area contributed by atoms with E-state index in [2.05, 4.69) is 84.8 Å². The van der Waals surface area contributed by atoms with Crippen molar-refractivity contribution >= 4 is 0 Å². The Morgan fingerprint density at radius 3 is 1.77 bits per heavy atom. The highest BCUT2D eigenvalue weighted by Crippen LogP contribution is 2.38. The van der Waals surface area contributed by atoms with Gasteiger partial charge in [0.05, 0.1) is 11.5 Å². The average molecular weight is 471 g/mol. The normalized spacial score (nSPS) is 18.5. The Labute approximate surface area is 213 Å². The number of hydrogen-bond acceptors (Lipinski definition) is 3. The molecule has 2 aromatic carbocycles. The second-order valence-electron chi connectivity index (χ2n) is 10.7. The quantitative estimate of drug-likeness (QED) is 0.358. The lowest BCUT2D eigenvalue weighted by Gasteiger charge is -2.37. The van der Waals surface area contributed by atoms with Gasteiger partial charge in [0, 0.05) is 50.6 Å². The Balaban J connectivity index is 1.51. The molecule has 186 valence electrons. The first-order valence-electron chi connectivity index (χ1n) is 13.2. The van der Waals surface area contributed by atoms with Crippen molar-refractivity contribution in [2.45, 2.75) is 57.9 Å². The lowest BCUT2D eigenvalue weighted by atomic mass is 9.70. The molecule has 35 heavy (non-hydrogen) atoms. The molecule has 2 aromatic rings. The smallest absolute Gasteiger partial charge is 0.260 e. The fourth-order valence-corrected chi connectivity index (χ4v) is 5.64.